The van der Waals surface area contributed by atoms with E-state index in [9.17, 15) is 28.1 Å². The average molecular weight is 616 g/mol. The summed E-state index contributed by atoms with van der Waals surface area (Å²) >= 11 is 15.9. The Bertz CT molecular complexity index is 1450. The molecule has 4 rings (SSSR count). The van der Waals surface area contributed by atoms with Gasteiger partial charge >= 0.3 is 11.9 Å². The lowest BCUT2D eigenvalue weighted by Crippen LogP contribution is -2.27. The molecule has 0 aromatic heterocycles. The molecule has 3 aromatic carbocycles. The first-order valence-corrected chi connectivity index (χ1v) is 12.2. The summed E-state index contributed by atoms with van der Waals surface area (Å²) in [5.74, 6) is -0.599. The summed E-state index contributed by atoms with van der Waals surface area (Å²) in [5.41, 5.74) is -0.981. The molecule has 3 aromatic rings. The Morgan fingerprint density at radius 1 is 1.14 bits per heavy atom. The number of carbonyl (C=O) groups excluding carboxylic acids is 1. The smallest absolute Gasteiger partial charge is 0.416 e. The monoisotopic (exact) mass is 614 g/mol. The van der Waals surface area contributed by atoms with E-state index >= 15 is 0 Å². The van der Waals surface area contributed by atoms with E-state index in [4.69, 9.17) is 28.6 Å². The highest BCUT2D eigenvalue weighted by molar-refractivity contribution is 9.10. The van der Waals surface area contributed by atoms with Gasteiger partial charge in [0.1, 0.15) is 5.75 Å². The van der Waals surface area contributed by atoms with Crippen LogP contribution >= 0.6 is 51.5 Å². The van der Waals surface area contributed by atoms with Crippen LogP contribution < -0.4 is 9.64 Å². The molecule has 36 heavy (non-hydrogen) atoms. The zero-order chi connectivity index (χ0) is 26.2. The third kappa shape index (κ3) is 5.56. The maximum Gasteiger partial charge on any atom is 0.416 e. The number of nitro benzene ring substituents is 1. The summed E-state index contributed by atoms with van der Waals surface area (Å²) in [6, 6.07) is 13.2. The van der Waals surface area contributed by atoms with Crippen molar-refractivity contribution in [3.63, 3.8) is 0 Å². The van der Waals surface area contributed by atoms with Gasteiger partial charge < -0.3 is 4.74 Å². The predicted octanol–water partition coefficient (Wildman–Crippen LogP) is 8.23. The van der Waals surface area contributed by atoms with Gasteiger partial charge in [-0.1, -0.05) is 47.7 Å². The zero-order valence-electron chi connectivity index (χ0n) is 17.6. The van der Waals surface area contributed by atoms with Crippen molar-refractivity contribution in [1.29, 1.82) is 0 Å². The second-order valence-electron chi connectivity index (χ2n) is 7.23. The number of ether oxygens (including phenoxy) is 1. The van der Waals surface area contributed by atoms with Crippen LogP contribution in [0.15, 0.2) is 70.0 Å². The highest BCUT2D eigenvalue weighted by atomic mass is 79.9. The summed E-state index contributed by atoms with van der Waals surface area (Å²) in [5, 5.41) is 11.7. The molecule has 1 aliphatic heterocycles. The van der Waals surface area contributed by atoms with Crippen LogP contribution in [0.2, 0.25) is 5.02 Å². The topological polar surface area (TPSA) is 72.7 Å². The van der Waals surface area contributed by atoms with E-state index < -0.39 is 22.4 Å². The van der Waals surface area contributed by atoms with Crippen molar-refractivity contribution in [3.8, 4) is 11.5 Å². The van der Waals surface area contributed by atoms with Crippen molar-refractivity contribution in [2.45, 2.75) is 6.18 Å². The Morgan fingerprint density at radius 2 is 1.89 bits per heavy atom. The van der Waals surface area contributed by atoms with Crippen molar-refractivity contribution in [3.05, 3.63) is 96.3 Å². The number of hydrogen-bond donors (Lipinski definition) is 0. The summed E-state index contributed by atoms with van der Waals surface area (Å²) in [6.45, 7) is 0. The molecule has 0 spiro atoms. The fraction of sp³-hybridized carbons (Fsp3) is 0.0435. The summed E-state index contributed by atoms with van der Waals surface area (Å²) in [6.07, 6.45) is -3.18. The third-order valence-electron chi connectivity index (χ3n) is 4.82. The molecular weight excluding hydrogens is 605 g/mol. The SMILES string of the molecule is O=C1/C(=C\c2cccc(Oc3ccc(C(F)(F)F)cc3[N+](=O)[O-])c2)SC(=S)N1c1ccc(Br)c(Cl)c1. The van der Waals surface area contributed by atoms with Gasteiger partial charge in [-0.3, -0.25) is 19.8 Å². The average Bonchev–Trinajstić information content (AvgIpc) is 3.08. The number of thiocarbonyl (C=S) groups is 1. The standard InChI is InChI=1S/C23H11BrClF3N2O4S2/c24-16-6-5-14(11-17(16)25)29-21(31)20(36-22(29)35)9-12-2-1-3-15(8-12)34-19-7-4-13(23(26,27)28)10-18(19)30(32)33/h1-11H/b20-9+. The van der Waals surface area contributed by atoms with Crippen molar-refractivity contribution in [2.24, 2.45) is 0 Å². The van der Waals surface area contributed by atoms with Gasteiger partial charge in [0.2, 0.25) is 5.75 Å². The molecule has 0 N–H and O–H groups in total. The van der Waals surface area contributed by atoms with Crippen molar-refractivity contribution < 1.29 is 27.6 Å². The van der Waals surface area contributed by atoms with E-state index in [1.54, 1.807) is 36.4 Å². The van der Waals surface area contributed by atoms with Gasteiger partial charge in [0.25, 0.3) is 5.91 Å². The molecule has 6 nitrogen and oxygen atoms in total. The molecule has 1 amide bonds. The molecule has 0 atom stereocenters. The number of carbonyl (C=O) groups is 1. The zero-order valence-corrected chi connectivity index (χ0v) is 21.6. The largest absolute Gasteiger partial charge is 0.450 e. The van der Waals surface area contributed by atoms with E-state index in [0.29, 0.717) is 42.1 Å². The minimum Gasteiger partial charge on any atom is -0.450 e. The van der Waals surface area contributed by atoms with E-state index in [0.717, 1.165) is 17.8 Å². The molecule has 184 valence electrons. The van der Waals surface area contributed by atoms with E-state index in [-0.39, 0.29) is 17.4 Å². The molecular formula is C23H11BrClF3N2O4S2. The maximum atomic E-state index is 13.0. The van der Waals surface area contributed by atoms with Crippen LogP contribution in [0.5, 0.6) is 11.5 Å². The van der Waals surface area contributed by atoms with E-state index in [1.165, 1.54) is 17.0 Å². The number of halogens is 5. The molecule has 0 unspecified atom stereocenters. The first-order chi connectivity index (χ1) is 16.9. The number of rotatable bonds is 5. The van der Waals surface area contributed by atoms with Gasteiger partial charge in [0.05, 0.1) is 26.1 Å². The van der Waals surface area contributed by atoms with Gasteiger partial charge in [-0.25, -0.2) is 0 Å². The van der Waals surface area contributed by atoms with Crippen LogP contribution in [0, 0.1) is 10.1 Å². The van der Waals surface area contributed by atoms with Gasteiger partial charge in [-0.2, -0.15) is 13.2 Å². The van der Waals surface area contributed by atoms with E-state index in [2.05, 4.69) is 15.9 Å². The molecule has 1 fully saturated rings. The molecule has 1 saturated heterocycles. The quantitative estimate of drug-likeness (QED) is 0.125. The highest BCUT2D eigenvalue weighted by Crippen LogP contribution is 2.40. The highest BCUT2D eigenvalue weighted by Gasteiger charge is 2.34. The summed E-state index contributed by atoms with van der Waals surface area (Å²) in [7, 11) is 0. The Hall–Kier alpha value is -2.93. The van der Waals surface area contributed by atoms with E-state index in [1.807, 2.05) is 0 Å². The first-order valence-electron chi connectivity index (χ1n) is 9.80. The Morgan fingerprint density at radius 3 is 2.56 bits per heavy atom. The molecule has 13 heteroatoms. The molecule has 0 bridgehead atoms. The van der Waals surface area contributed by atoms with Crippen molar-refractivity contribution in [1.82, 2.24) is 0 Å². The Balaban J connectivity index is 1.60. The van der Waals surface area contributed by atoms with Gasteiger partial charge in [-0.05, 0) is 70.0 Å². The molecule has 0 aliphatic carbocycles. The number of amides is 1. The molecule has 1 heterocycles. The predicted molar refractivity (Wildman–Crippen MR) is 139 cm³/mol. The van der Waals surface area contributed by atoms with Crippen LogP contribution in [0.25, 0.3) is 6.08 Å². The lowest BCUT2D eigenvalue weighted by atomic mass is 10.1. The minimum atomic E-state index is -4.74. The van der Waals surface area contributed by atoms with Crippen molar-refractivity contribution in [2.75, 3.05) is 4.90 Å². The molecule has 0 saturated carbocycles. The van der Waals surface area contributed by atoms with Crippen LogP contribution in [0.4, 0.5) is 24.5 Å². The number of nitro groups is 1. The summed E-state index contributed by atoms with van der Waals surface area (Å²) < 4.78 is 45.3. The van der Waals surface area contributed by atoms with Gasteiger partial charge in [-0.15, -0.1) is 0 Å². The fourth-order valence-electron chi connectivity index (χ4n) is 3.18. The van der Waals surface area contributed by atoms with Gasteiger partial charge in [0, 0.05) is 10.5 Å². The lowest BCUT2D eigenvalue weighted by Gasteiger charge is -2.15. The summed E-state index contributed by atoms with van der Waals surface area (Å²) in [4.78, 5) is 25.1. The Kier molecular flexibility index (Phi) is 7.41. The minimum absolute atomic E-state index is 0.127. The second kappa shape index (κ2) is 10.2. The fourth-order valence-corrected chi connectivity index (χ4v) is 4.90. The molecule has 0 radical (unpaired) electrons. The number of thioether (sulfide) groups is 1. The van der Waals surface area contributed by atoms with Crippen LogP contribution in [0.3, 0.4) is 0 Å². The number of hydrogen-bond acceptors (Lipinski definition) is 6. The third-order valence-corrected chi connectivity index (χ3v) is 7.36. The lowest BCUT2D eigenvalue weighted by molar-refractivity contribution is -0.385. The number of nitrogens with zero attached hydrogens (tertiary/aromatic N) is 2. The van der Waals surface area contributed by atoms with Gasteiger partial charge in [0.15, 0.2) is 4.32 Å². The Labute approximate surface area is 225 Å². The second-order valence-corrected chi connectivity index (χ2v) is 10.2. The normalized spacial score (nSPS) is 15.0. The van der Waals surface area contributed by atoms with Crippen molar-refractivity contribution >= 4 is 79.2 Å². The van der Waals surface area contributed by atoms with Crippen LogP contribution in [-0.4, -0.2) is 15.2 Å². The van der Waals surface area contributed by atoms with Crippen LogP contribution in [0.1, 0.15) is 11.1 Å². The number of benzene rings is 3. The molecule has 1 aliphatic rings. The maximum absolute atomic E-state index is 13.0. The number of alkyl halides is 3. The number of anilines is 1. The first kappa shape index (κ1) is 26.1. The van der Waals surface area contributed by atoms with Crippen LogP contribution in [-0.2, 0) is 11.0 Å².